The maximum atomic E-state index is 12.2. The number of rotatable bonds is 8. The van der Waals surface area contributed by atoms with E-state index in [4.69, 9.17) is 0 Å². The summed E-state index contributed by atoms with van der Waals surface area (Å²) in [4.78, 5) is 31.9. The first-order valence-electron chi connectivity index (χ1n) is 13.5. The highest BCUT2D eigenvalue weighted by Gasteiger charge is 2.25. The lowest BCUT2D eigenvalue weighted by Crippen LogP contribution is -2.15. The molecule has 2 aromatic rings. The van der Waals surface area contributed by atoms with Crippen molar-refractivity contribution in [2.45, 2.75) is 87.5 Å². The molecule has 2 aliphatic heterocycles. The Bertz CT molecular complexity index is 1300. The molecule has 0 radical (unpaired) electrons. The Morgan fingerprint density at radius 1 is 0.595 bits per heavy atom. The Morgan fingerprint density at radius 3 is 1.30 bits per heavy atom. The number of carbonyl (C=O) groups excluding carboxylic acids is 2. The summed E-state index contributed by atoms with van der Waals surface area (Å²) in [6.45, 7) is 16.7. The Labute approximate surface area is 220 Å². The summed E-state index contributed by atoms with van der Waals surface area (Å²) in [5, 5.41) is 6.07. The number of nitrogens with one attached hydrogen (secondary N) is 4. The molecule has 2 aliphatic rings. The van der Waals surface area contributed by atoms with E-state index in [0.717, 1.165) is 77.2 Å². The smallest absolute Gasteiger partial charge is 0.251 e. The summed E-state index contributed by atoms with van der Waals surface area (Å²) in [7, 11) is 0. The summed E-state index contributed by atoms with van der Waals surface area (Å²) in [5.41, 5.74) is 15.2. The van der Waals surface area contributed by atoms with Crippen molar-refractivity contribution in [3.63, 3.8) is 0 Å². The van der Waals surface area contributed by atoms with Crippen LogP contribution in [-0.4, -0.2) is 21.8 Å². The zero-order valence-electron chi connectivity index (χ0n) is 23.5. The molecule has 6 nitrogen and oxygen atoms in total. The van der Waals surface area contributed by atoms with Crippen molar-refractivity contribution in [3.8, 4) is 0 Å². The minimum absolute atomic E-state index is 0.00549. The average molecular weight is 501 g/mol. The fourth-order valence-electron chi connectivity index (χ4n) is 5.87. The van der Waals surface area contributed by atoms with Crippen molar-refractivity contribution in [2.24, 2.45) is 0 Å². The summed E-state index contributed by atoms with van der Waals surface area (Å²) in [6, 6.07) is 0. The topological polar surface area (TPSA) is 89.8 Å². The SMILES string of the molecule is CCC1=C(C)C(=O)N/C1=C/c1[nH]c(Cc2[nH]c(/C=C3/NC(=O)C(C)=C3CC)c(C)c2CC)c(CC)c1C. The minimum atomic E-state index is -0.00549. The standard InChI is InChI=1S/C31H40N4O2/c1-9-20-16(5)24(13-28-22(11-3)18(7)30(36)34-28)32-26(20)15-27-21(10-2)17(6)25(33-27)14-29-23(12-4)19(8)31(37)35-29/h13-14,32-33H,9-12,15H2,1-8H3,(H,34,36)(H,35,37)/b28-13+,29-14+. The van der Waals surface area contributed by atoms with Crippen molar-refractivity contribution >= 4 is 24.0 Å². The molecule has 0 aliphatic carbocycles. The summed E-state index contributed by atoms with van der Waals surface area (Å²) < 4.78 is 0. The number of carbonyl (C=O) groups is 2. The van der Waals surface area contributed by atoms with Gasteiger partial charge in [-0.2, -0.15) is 0 Å². The minimum Gasteiger partial charge on any atom is -0.358 e. The molecule has 37 heavy (non-hydrogen) atoms. The van der Waals surface area contributed by atoms with Crippen LogP contribution in [0, 0.1) is 13.8 Å². The molecule has 0 aromatic carbocycles. The van der Waals surface area contributed by atoms with Crippen LogP contribution in [-0.2, 0) is 28.9 Å². The highest BCUT2D eigenvalue weighted by molar-refractivity contribution is 6.01. The van der Waals surface area contributed by atoms with Crippen LogP contribution < -0.4 is 10.6 Å². The Kier molecular flexibility index (Phi) is 7.49. The monoisotopic (exact) mass is 500 g/mol. The number of amides is 2. The van der Waals surface area contributed by atoms with Crippen molar-refractivity contribution in [1.29, 1.82) is 0 Å². The molecule has 196 valence electrons. The molecule has 0 spiro atoms. The third-order valence-electron chi connectivity index (χ3n) is 8.09. The van der Waals surface area contributed by atoms with Crippen LogP contribution in [0.4, 0.5) is 0 Å². The molecule has 0 fully saturated rings. The first-order chi connectivity index (χ1) is 17.6. The van der Waals surface area contributed by atoms with Crippen molar-refractivity contribution < 1.29 is 9.59 Å². The lowest BCUT2D eigenvalue weighted by molar-refractivity contribution is -0.117. The molecule has 4 rings (SSSR count). The van der Waals surface area contributed by atoms with Gasteiger partial charge >= 0.3 is 0 Å². The Hall–Kier alpha value is -3.54. The van der Waals surface area contributed by atoms with Crippen LogP contribution in [0.15, 0.2) is 33.7 Å². The van der Waals surface area contributed by atoms with Crippen molar-refractivity contribution in [2.75, 3.05) is 0 Å². The summed E-state index contributed by atoms with van der Waals surface area (Å²) in [5.74, 6) is -0.0110. The van der Waals surface area contributed by atoms with Gasteiger partial charge in [0.05, 0.1) is 0 Å². The molecule has 2 aromatic heterocycles. The van der Waals surface area contributed by atoms with Gasteiger partial charge in [-0.25, -0.2) is 0 Å². The maximum absolute atomic E-state index is 12.2. The van der Waals surface area contributed by atoms with Crippen molar-refractivity contribution in [1.82, 2.24) is 20.6 Å². The van der Waals surface area contributed by atoms with Gasteiger partial charge in [0.1, 0.15) is 0 Å². The van der Waals surface area contributed by atoms with Gasteiger partial charge < -0.3 is 20.6 Å². The number of hydrogen-bond acceptors (Lipinski definition) is 2. The molecular formula is C31H40N4O2. The molecule has 0 saturated carbocycles. The Morgan fingerprint density at radius 2 is 0.973 bits per heavy atom. The third-order valence-corrected chi connectivity index (χ3v) is 8.09. The van der Waals surface area contributed by atoms with Crippen LogP contribution in [0.25, 0.3) is 12.2 Å². The second-order valence-corrected chi connectivity index (χ2v) is 10.1. The van der Waals surface area contributed by atoms with Crippen LogP contribution in [0.2, 0.25) is 0 Å². The molecule has 0 atom stereocenters. The number of aromatic nitrogens is 2. The maximum Gasteiger partial charge on any atom is 0.251 e. The second kappa shape index (κ2) is 10.4. The molecule has 6 heteroatoms. The quantitative estimate of drug-likeness (QED) is 0.354. The predicted octanol–water partition coefficient (Wildman–Crippen LogP) is 6.07. The normalized spacial score (nSPS) is 18.2. The van der Waals surface area contributed by atoms with Gasteiger partial charge in [0, 0.05) is 51.7 Å². The lowest BCUT2D eigenvalue weighted by atomic mass is 10.0. The lowest BCUT2D eigenvalue weighted by Gasteiger charge is -2.05. The van der Waals surface area contributed by atoms with E-state index in [1.807, 2.05) is 13.8 Å². The number of aromatic amines is 2. The average Bonchev–Trinajstić information content (AvgIpc) is 3.51. The van der Waals surface area contributed by atoms with E-state index in [0.29, 0.717) is 0 Å². The molecule has 2 amide bonds. The van der Waals surface area contributed by atoms with E-state index in [1.165, 1.54) is 33.6 Å². The number of H-pyrrole nitrogens is 2. The zero-order valence-corrected chi connectivity index (χ0v) is 23.5. The molecule has 4 heterocycles. The van der Waals surface area contributed by atoms with Crippen molar-refractivity contribution in [3.05, 3.63) is 78.7 Å². The largest absolute Gasteiger partial charge is 0.358 e. The first kappa shape index (κ1) is 26.5. The molecule has 0 bridgehead atoms. The van der Waals surface area contributed by atoms with Crippen LogP contribution in [0.3, 0.4) is 0 Å². The second-order valence-electron chi connectivity index (χ2n) is 10.1. The Balaban J connectivity index is 1.72. The fraction of sp³-hybridized carbons (Fsp3) is 0.419. The first-order valence-corrected chi connectivity index (χ1v) is 13.5. The number of hydrogen-bond donors (Lipinski definition) is 4. The van der Waals surface area contributed by atoms with Gasteiger partial charge in [-0.15, -0.1) is 0 Å². The molecule has 4 N–H and O–H groups in total. The predicted molar refractivity (Wildman–Crippen MR) is 151 cm³/mol. The highest BCUT2D eigenvalue weighted by atomic mass is 16.2. The van der Waals surface area contributed by atoms with E-state index in [1.54, 1.807) is 0 Å². The number of allylic oxidation sites excluding steroid dienone is 2. The fourth-order valence-corrected chi connectivity index (χ4v) is 5.87. The third kappa shape index (κ3) is 4.65. The van der Waals surface area contributed by atoms with E-state index < -0.39 is 0 Å². The van der Waals surface area contributed by atoms with Gasteiger partial charge in [0.15, 0.2) is 0 Å². The zero-order chi connectivity index (χ0) is 27.0. The van der Waals surface area contributed by atoms with Crippen LogP contribution >= 0.6 is 0 Å². The molecule has 0 unspecified atom stereocenters. The van der Waals surface area contributed by atoms with E-state index in [-0.39, 0.29) is 11.8 Å². The molecule has 0 saturated heterocycles. The van der Waals surface area contributed by atoms with Gasteiger partial charge in [0.25, 0.3) is 11.8 Å². The van der Waals surface area contributed by atoms with E-state index >= 15 is 0 Å². The summed E-state index contributed by atoms with van der Waals surface area (Å²) >= 11 is 0. The van der Waals surface area contributed by atoms with E-state index in [9.17, 15) is 9.59 Å². The van der Waals surface area contributed by atoms with Gasteiger partial charge in [-0.05, 0) is 98.9 Å². The van der Waals surface area contributed by atoms with Gasteiger partial charge in [-0.3, -0.25) is 9.59 Å². The summed E-state index contributed by atoms with van der Waals surface area (Å²) in [6.07, 6.45) is 8.44. The molecular weight excluding hydrogens is 460 g/mol. The highest BCUT2D eigenvalue weighted by Crippen LogP contribution is 2.31. The van der Waals surface area contributed by atoms with Gasteiger partial charge in [-0.1, -0.05) is 27.7 Å². The van der Waals surface area contributed by atoms with Crippen LogP contribution in [0.1, 0.15) is 99.4 Å². The van der Waals surface area contributed by atoms with Gasteiger partial charge in [0.2, 0.25) is 0 Å². The van der Waals surface area contributed by atoms with E-state index in [2.05, 4.69) is 74.3 Å². The van der Waals surface area contributed by atoms with Crippen LogP contribution in [0.5, 0.6) is 0 Å².